The molecule has 0 N–H and O–H groups in total. The summed E-state index contributed by atoms with van der Waals surface area (Å²) in [5.41, 5.74) is 4.92. The van der Waals surface area contributed by atoms with E-state index in [0.29, 0.717) is 5.92 Å². The van der Waals surface area contributed by atoms with Gasteiger partial charge in [-0.25, -0.2) is 0 Å². The number of ether oxygens (including phenoxy) is 1. The molecule has 4 heteroatoms. The fourth-order valence-electron chi connectivity index (χ4n) is 5.79. The van der Waals surface area contributed by atoms with E-state index < -0.39 is 0 Å². The van der Waals surface area contributed by atoms with Gasteiger partial charge in [-0.1, -0.05) is 60.1 Å². The van der Waals surface area contributed by atoms with Crippen molar-refractivity contribution in [2.24, 2.45) is 11.1 Å². The van der Waals surface area contributed by atoms with Crippen LogP contribution in [0.1, 0.15) is 37.2 Å². The lowest BCUT2D eigenvalue weighted by atomic mass is 9.72. The van der Waals surface area contributed by atoms with Crippen molar-refractivity contribution in [3.8, 4) is 5.75 Å². The number of para-hydroxylation sites is 2. The average Bonchev–Trinajstić information content (AvgIpc) is 3.18. The van der Waals surface area contributed by atoms with Gasteiger partial charge in [-0.2, -0.15) is 0 Å². The summed E-state index contributed by atoms with van der Waals surface area (Å²) >= 11 is 0. The van der Waals surface area contributed by atoms with Gasteiger partial charge in [0.2, 0.25) is 0 Å². The lowest BCUT2D eigenvalue weighted by molar-refractivity contribution is -0.0255. The quantitative estimate of drug-likeness (QED) is 0.373. The van der Waals surface area contributed by atoms with E-state index in [9.17, 15) is 0 Å². The highest BCUT2D eigenvalue weighted by molar-refractivity contribution is 6.09. The van der Waals surface area contributed by atoms with Gasteiger partial charge in [0.25, 0.3) is 0 Å². The standard InChI is InChI=1S/C28H28N2O2/c1-31-20-16-14-19(15-17-20)28-23-10-4-7-13-27(23)32-29-24(28)18-30-25-11-5-2-8-21(25)22-9-3-6-12-26(22)30/h2-3,5-6,8-9,11-12,14-17,23,27-28H,4,7,10,13,18H2,1H3/t23-,27+,28+/m0/s1. The predicted octanol–water partition coefficient (Wildman–Crippen LogP) is 6.53. The van der Waals surface area contributed by atoms with Crippen LogP contribution in [0.25, 0.3) is 21.8 Å². The van der Waals surface area contributed by atoms with Crippen LogP contribution in [-0.4, -0.2) is 23.5 Å². The topological polar surface area (TPSA) is 35.8 Å². The summed E-state index contributed by atoms with van der Waals surface area (Å²) in [4.78, 5) is 6.11. The Balaban J connectivity index is 1.46. The van der Waals surface area contributed by atoms with Crippen molar-refractivity contribution in [2.45, 2.75) is 44.2 Å². The fraction of sp³-hybridized carbons (Fsp3) is 0.321. The van der Waals surface area contributed by atoms with Crippen molar-refractivity contribution in [2.75, 3.05) is 7.11 Å². The Labute approximate surface area is 188 Å². The minimum Gasteiger partial charge on any atom is -0.497 e. The lowest BCUT2D eigenvalue weighted by Crippen LogP contribution is -2.40. The maximum atomic E-state index is 6.11. The molecule has 1 aliphatic carbocycles. The van der Waals surface area contributed by atoms with Gasteiger partial charge in [0.15, 0.2) is 0 Å². The van der Waals surface area contributed by atoms with Crippen molar-refractivity contribution in [3.05, 3.63) is 78.4 Å². The van der Waals surface area contributed by atoms with Crippen LogP contribution < -0.4 is 4.74 Å². The van der Waals surface area contributed by atoms with Gasteiger partial charge in [0.05, 0.1) is 19.4 Å². The second-order valence-corrected chi connectivity index (χ2v) is 9.05. The molecule has 0 radical (unpaired) electrons. The molecule has 0 amide bonds. The van der Waals surface area contributed by atoms with Crippen molar-refractivity contribution in [3.63, 3.8) is 0 Å². The van der Waals surface area contributed by atoms with Crippen LogP contribution in [0.3, 0.4) is 0 Å². The molecule has 1 aromatic heterocycles. The minimum absolute atomic E-state index is 0.220. The predicted molar refractivity (Wildman–Crippen MR) is 129 cm³/mol. The summed E-state index contributed by atoms with van der Waals surface area (Å²) in [5.74, 6) is 1.62. The van der Waals surface area contributed by atoms with E-state index in [2.05, 4.69) is 77.4 Å². The van der Waals surface area contributed by atoms with Crippen LogP contribution in [0.4, 0.5) is 0 Å². The summed E-state index contributed by atoms with van der Waals surface area (Å²) in [5, 5.41) is 7.34. The third-order valence-corrected chi connectivity index (χ3v) is 7.32. The molecule has 2 aliphatic rings. The maximum absolute atomic E-state index is 6.11. The van der Waals surface area contributed by atoms with Crippen LogP contribution in [0, 0.1) is 5.92 Å². The molecule has 1 aliphatic heterocycles. The SMILES string of the molecule is COc1ccc([C@H]2C(Cn3c4ccccc4c4ccccc43)=NO[C@@H]3CCCC[C@H]23)cc1. The highest BCUT2D eigenvalue weighted by atomic mass is 16.6. The number of rotatable bonds is 4. The number of fused-ring (bicyclic) bond motifs is 4. The van der Waals surface area contributed by atoms with Gasteiger partial charge < -0.3 is 14.1 Å². The number of aromatic nitrogens is 1. The summed E-state index contributed by atoms with van der Waals surface area (Å²) in [7, 11) is 1.72. The van der Waals surface area contributed by atoms with E-state index in [4.69, 9.17) is 14.7 Å². The van der Waals surface area contributed by atoms with E-state index in [1.54, 1.807) is 7.11 Å². The zero-order valence-electron chi connectivity index (χ0n) is 18.4. The Bertz CT molecular complexity index is 1230. The molecular weight excluding hydrogens is 396 g/mol. The van der Waals surface area contributed by atoms with Crippen molar-refractivity contribution < 1.29 is 9.57 Å². The largest absolute Gasteiger partial charge is 0.497 e. The molecular formula is C28H28N2O2. The van der Waals surface area contributed by atoms with Gasteiger partial charge >= 0.3 is 0 Å². The first-order chi connectivity index (χ1) is 15.8. The highest BCUT2D eigenvalue weighted by Gasteiger charge is 2.40. The van der Waals surface area contributed by atoms with Crippen LogP contribution in [0.5, 0.6) is 5.75 Å². The molecule has 0 bridgehead atoms. The molecule has 162 valence electrons. The molecule has 2 heterocycles. The van der Waals surface area contributed by atoms with Gasteiger partial charge in [-0.15, -0.1) is 0 Å². The zero-order valence-corrected chi connectivity index (χ0v) is 18.4. The first-order valence-electron chi connectivity index (χ1n) is 11.7. The third-order valence-electron chi connectivity index (χ3n) is 7.32. The summed E-state index contributed by atoms with van der Waals surface area (Å²) in [6.45, 7) is 0.730. The molecule has 0 spiro atoms. The van der Waals surface area contributed by atoms with E-state index in [0.717, 1.165) is 24.4 Å². The van der Waals surface area contributed by atoms with E-state index in [1.807, 2.05) is 0 Å². The van der Waals surface area contributed by atoms with E-state index in [-0.39, 0.29) is 12.0 Å². The molecule has 0 unspecified atom stereocenters. The smallest absolute Gasteiger partial charge is 0.131 e. The molecule has 0 saturated heterocycles. The van der Waals surface area contributed by atoms with Crippen LogP contribution in [0.15, 0.2) is 78.0 Å². The Morgan fingerprint density at radius 3 is 2.22 bits per heavy atom. The number of nitrogens with zero attached hydrogens (tertiary/aromatic N) is 2. The Morgan fingerprint density at radius 1 is 0.875 bits per heavy atom. The molecule has 3 aromatic carbocycles. The van der Waals surface area contributed by atoms with Crippen LogP contribution >= 0.6 is 0 Å². The average molecular weight is 425 g/mol. The molecule has 4 aromatic rings. The summed E-state index contributed by atoms with van der Waals surface area (Å²) < 4.78 is 7.82. The molecule has 4 nitrogen and oxygen atoms in total. The normalized spacial score (nSPS) is 22.9. The summed E-state index contributed by atoms with van der Waals surface area (Å²) in [6.07, 6.45) is 5.00. The number of hydrogen-bond acceptors (Lipinski definition) is 3. The second kappa shape index (κ2) is 8.01. The first-order valence-corrected chi connectivity index (χ1v) is 11.7. The Kier molecular flexibility index (Phi) is 4.86. The Morgan fingerprint density at radius 2 is 1.53 bits per heavy atom. The van der Waals surface area contributed by atoms with Gasteiger partial charge in [0, 0.05) is 33.6 Å². The summed E-state index contributed by atoms with van der Waals surface area (Å²) in [6, 6.07) is 25.9. The van der Waals surface area contributed by atoms with Crippen molar-refractivity contribution in [1.82, 2.24) is 4.57 Å². The molecule has 6 rings (SSSR count). The number of benzene rings is 3. The number of methoxy groups -OCH3 is 1. The first kappa shape index (κ1) is 19.4. The van der Waals surface area contributed by atoms with E-state index >= 15 is 0 Å². The lowest BCUT2D eigenvalue weighted by Gasteiger charge is -2.40. The van der Waals surface area contributed by atoms with Crippen LogP contribution in [-0.2, 0) is 11.4 Å². The monoisotopic (exact) mass is 424 g/mol. The van der Waals surface area contributed by atoms with Gasteiger partial charge in [0.1, 0.15) is 11.9 Å². The van der Waals surface area contributed by atoms with Crippen molar-refractivity contribution >= 4 is 27.5 Å². The van der Waals surface area contributed by atoms with Crippen molar-refractivity contribution in [1.29, 1.82) is 0 Å². The highest BCUT2D eigenvalue weighted by Crippen LogP contribution is 2.43. The van der Waals surface area contributed by atoms with Gasteiger partial charge in [-0.3, -0.25) is 0 Å². The van der Waals surface area contributed by atoms with Crippen LogP contribution in [0.2, 0.25) is 0 Å². The third kappa shape index (κ3) is 3.17. The van der Waals surface area contributed by atoms with E-state index in [1.165, 1.54) is 46.6 Å². The zero-order chi connectivity index (χ0) is 21.5. The fourth-order valence-corrected chi connectivity index (χ4v) is 5.79. The molecule has 1 fully saturated rings. The molecule has 32 heavy (non-hydrogen) atoms. The molecule has 1 saturated carbocycles. The van der Waals surface area contributed by atoms with Gasteiger partial charge in [-0.05, 0) is 49.1 Å². The maximum Gasteiger partial charge on any atom is 0.131 e. The number of hydrogen-bond donors (Lipinski definition) is 0. The minimum atomic E-state index is 0.220. The number of oxime groups is 1. The Hall–Kier alpha value is -3.27. The second-order valence-electron chi connectivity index (χ2n) is 9.05. The molecule has 3 atom stereocenters.